The molecule has 30 heavy (non-hydrogen) atoms. The Morgan fingerprint density at radius 1 is 1.00 bits per heavy atom. The third-order valence-electron chi connectivity index (χ3n) is 5.10. The van der Waals surface area contributed by atoms with Gasteiger partial charge in [0.1, 0.15) is 5.82 Å². The van der Waals surface area contributed by atoms with E-state index in [9.17, 15) is 14.0 Å². The minimum absolute atomic E-state index is 0.138. The number of carbonyl (C=O) groups excluding carboxylic acids is 2. The Bertz CT molecular complexity index is 862. The van der Waals surface area contributed by atoms with Crippen molar-refractivity contribution in [1.82, 2.24) is 5.32 Å². The van der Waals surface area contributed by atoms with Crippen LogP contribution >= 0.6 is 0 Å². The van der Waals surface area contributed by atoms with Crippen molar-refractivity contribution in [2.75, 3.05) is 19.0 Å². The summed E-state index contributed by atoms with van der Waals surface area (Å²) in [5.41, 5.74) is 0.960. The molecule has 0 bridgehead atoms. The molecule has 6 nitrogen and oxygen atoms in total. The number of ether oxygens (including phenoxy) is 2. The summed E-state index contributed by atoms with van der Waals surface area (Å²) < 4.78 is 23.8. The highest BCUT2D eigenvalue weighted by molar-refractivity contribution is 5.95. The van der Waals surface area contributed by atoms with Gasteiger partial charge in [0.15, 0.2) is 18.1 Å². The first-order valence-corrected chi connectivity index (χ1v) is 10.2. The molecule has 0 spiro atoms. The molecule has 1 aliphatic carbocycles. The zero-order chi connectivity index (χ0) is 21.3. The van der Waals surface area contributed by atoms with Crippen molar-refractivity contribution in [3.05, 3.63) is 53.8 Å². The van der Waals surface area contributed by atoms with E-state index in [-0.39, 0.29) is 30.3 Å². The quantitative estimate of drug-likeness (QED) is 0.662. The molecule has 3 rings (SSSR count). The number of halogens is 1. The molecule has 0 unspecified atom stereocenters. The standard InChI is InChI=1S/C23H27FN2O4/c1-29-21-14-16(23(28)26-18-6-4-2-3-5-7-18)8-13-20(21)30-15-22(27)25-19-11-9-17(24)10-12-19/h8-14,18H,2-7,15H2,1H3,(H,25,27)(H,26,28). The summed E-state index contributed by atoms with van der Waals surface area (Å²) in [5, 5.41) is 5.72. The van der Waals surface area contributed by atoms with E-state index < -0.39 is 0 Å². The van der Waals surface area contributed by atoms with Crippen LogP contribution in [0.5, 0.6) is 11.5 Å². The van der Waals surface area contributed by atoms with Crippen LogP contribution in [0.3, 0.4) is 0 Å². The SMILES string of the molecule is COc1cc(C(=O)NC2CCCCCC2)ccc1OCC(=O)Nc1ccc(F)cc1. The van der Waals surface area contributed by atoms with Gasteiger partial charge < -0.3 is 20.1 Å². The molecule has 0 heterocycles. The summed E-state index contributed by atoms with van der Waals surface area (Å²) in [6, 6.07) is 10.5. The zero-order valence-electron chi connectivity index (χ0n) is 17.1. The molecule has 2 N–H and O–H groups in total. The molecule has 0 aromatic heterocycles. The van der Waals surface area contributed by atoms with Gasteiger partial charge in [0.2, 0.25) is 0 Å². The summed E-state index contributed by atoms with van der Waals surface area (Å²) >= 11 is 0. The van der Waals surface area contributed by atoms with E-state index >= 15 is 0 Å². The third-order valence-corrected chi connectivity index (χ3v) is 5.10. The fraction of sp³-hybridized carbons (Fsp3) is 0.391. The Hall–Kier alpha value is -3.09. The summed E-state index contributed by atoms with van der Waals surface area (Å²) in [5.74, 6) is -0.173. The Labute approximate surface area is 175 Å². The first kappa shape index (κ1) is 21.6. The number of benzene rings is 2. The van der Waals surface area contributed by atoms with Crippen LogP contribution in [0.2, 0.25) is 0 Å². The van der Waals surface area contributed by atoms with Crippen molar-refractivity contribution in [1.29, 1.82) is 0 Å². The van der Waals surface area contributed by atoms with E-state index in [2.05, 4.69) is 10.6 Å². The van der Waals surface area contributed by atoms with Crippen LogP contribution in [0.4, 0.5) is 10.1 Å². The Morgan fingerprint density at radius 2 is 1.70 bits per heavy atom. The lowest BCUT2D eigenvalue weighted by atomic mass is 10.1. The van der Waals surface area contributed by atoms with Crippen molar-refractivity contribution in [2.24, 2.45) is 0 Å². The number of nitrogens with one attached hydrogen (secondary N) is 2. The smallest absolute Gasteiger partial charge is 0.262 e. The van der Waals surface area contributed by atoms with Gasteiger partial charge in [0.05, 0.1) is 7.11 Å². The average Bonchev–Trinajstić information content (AvgIpc) is 3.02. The number of anilines is 1. The second kappa shape index (κ2) is 10.6. The first-order chi connectivity index (χ1) is 14.5. The minimum Gasteiger partial charge on any atom is -0.493 e. The van der Waals surface area contributed by atoms with Gasteiger partial charge in [0.25, 0.3) is 11.8 Å². The molecule has 1 fully saturated rings. The number of hydrogen-bond acceptors (Lipinski definition) is 4. The van der Waals surface area contributed by atoms with Gasteiger partial charge in [-0.2, -0.15) is 0 Å². The van der Waals surface area contributed by atoms with E-state index in [0.29, 0.717) is 22.7 Å². The van der Waals surface area contributed by atoms with E-state index in [0.717, 1.165) is 25.7 Å². The van der Waals surface area contributed by atoms with Crippen molar-refractivity contribution >= 4 is 17.5 Å². The van der Waals surface area contributed by atoms with Crippen LogP contribution in [-0.2, 0) is 4.79 Å². The minimum atomic E-state index is -0.390. The van der Waals surface area contributed by atoms with Gasteiger partial charge in [-0.15, -0.1) is 0 Å². The van der Waals surface area contributed by atoms with Crippen molar-refractivity contribution < 1.29 is 23.5 Å². The summed E-state index contributed by atoms with van der Waals surface area (Å²) in [7, 11) is 1.48. The average molecular weight is 414 g/mol. The number of rotatable bonds is 7. The molecule has 1 aliphatic rings. The van der Waals surface area contributed by atoms with Crippen LogP contribution in [0.25, 0.3) is 0 Å². The third kappa shape index (κ3) is 6.20. The highest BCUT2D eigenvalue weighted by atomic mass is 19.1. The lowest BCUT2D eigenvalue weighted by molar-refractivity contribution is -0.118. The zero-order valence-corrected chi connectivity index (χ0v) is 17.1. The fourth-order valence-electron chi connectivity index (χ4n) is 3.49. The monoisotopic (exact) mass is 414 g/mol. The molecule has 1 saturated carbocycles. The molecule has 2 amide bonds. The van der Waals surface area contributed by atoms with E-state index in [1.165, 1.54) is 44.2 Å². The van der Waals surface area contributed by atoms with Crippen LogP contribution in [-0.4, -0.2) is 31.6 Å². The van der Waals surface area contributed by atoms with Crippen molar-refractivity contribution in [2.45, 2.75) is 44.6 Å². The molecule has 0 atom stereocenters. The Morgan fingerprint density at radius 3 is 2.37 bits per heavy atom. The molecule has 160 valence electrons. The van der Waals surface area contributed by atoms with Crippen molar-refractivity contribution in [3.8, 4) is 11.5 Å². The number of hydrogen-bond donors (Lipinski definition) is 2. The fourth-order valence-corrected chi connectivity index (χ4v) is 3.49. The lowest BCUT2D eigenvalue weighted by Gasteiger charge is -2.17. The van der Waals surface area contributed by atoms with Crippen LogP contribution < -0.4 is 20.1 Å². The molecule has 7 heteroatoms. The maximum atomic E-state index is 12.9. The molecule has 0 radical (unpaired) electrons. The highest BCUT2D eigenvalue weighted by Gasteiger charge is 2.17. The maximum absolute atomic E-state index is 12.9. The van der Waals surface area contributed by atoms with E-state index in [1.54, 1.807) is 18.2 Å². The van der Waals surface area contributed by atoms with Gasteiger partial charge in [-0.05, 0) is 55.3 Å². The largest absolute Gasteiger partial charge is 0.493 e. The lowest BCUT2D eigenvalue weighted by Crippen LogP contribution is -2.34. The summed E-state index contributed by atoms with van der Waals surface area (Å²) in [6.45, 7) is -0.249. The number of carbonyl (C=O) groups is 2. The van der Waals surface area contributed by atoms with Crippen LogP contribution in [0, 0.1) is 5.82 Å². The number of amides is 2. The predicted octanol–water partition coefficient (Wildman–Crippen LogP) is 4.30. The topological polar surface area (TPSA) is 76.7 Å². The van der Waals surface area contributed by atoms with Gasteiger partial charge in [0, 0.05) is 17.3 Å². The molecule has 2 aromatic carbocycles. The normalized spacial score (nSPS) is 14.5. The highest BCUT2D eigenvalue weighted by Crippen LogP contribution is 2.28. The first-order valence-electron chi connectivity index (χ1n) is 10.2. The molecular formula is C23H27FN2O4. The maximum Gasteiger partial charge on any atom is 0.262 e. The Kier molecular flexibility index (Phi) is 7.65. The summed E-state index contributed by atoms with van der Waals surface area (Å²) in [6.07, 6.45) is 6.74. The van der Waals surface area contributed by atoms with E-state index in [1.807, 2.05) is 0 Å². The molecule has 0 aliphatic heterocycles. The van der Waals surface area contributed by atoms with Gasteiger partial charge in [-0.1, -0.05) is 25.7 Å². The van der Waals surface area contributed by atoms with Gasteiger partial charge in [-0.25, -0.2) is 4.39 Å². The van der Waals surface area contributed by atoms with Gasteiger partial charge >= 0.3 is 0 Å². The van der Waals surface area contributed by atoms with E-state index in [4.69, 9.17) is 9.47 Å². The van der Waals surface area contributed by atoms with Crippen LogP contribution in [0.15, 0.2) is 42.5 Å². The van der Waals surface area contributed by atoms with Crippen LogP contribution in [0.1, 0.15) is 48.9 Å². The predicted molar refractivity (Wildman–Crippen MR) is 112 cm³/mol. The Balaban J connectivity index is 1.57. The molecule has 2 aromatic rings. The molecule has 0 saturated heterocycles. The molecular weight excluding hydrogens is 387 g/mol. The van der Waals surface area contributed by atoms with Gasteiger partial charge in [-0.3, -0.25) is 9.59 Å². The summed E-state index contributed by atoms with van der Waals surface area (Å²) in [4.78, 5) is 24.7. The number of methoxy groups -OCH3 is 1. The van der Waals surface area contributed by atoms with Crippen molar-refractivity contribution in [3.63, 3.8) is 0 Å². The second-order valence-corrected chi connectivity index (χ2v) is 7.37. The second-order valence-electron chi connectivity index (χ2n) is 7.37.